The number of aryl methyl sites for hydroxylation is 1. The Hall–Kier alpha value is -1.33. The van der Waals surface area contributed by atoms with Crippen molar-refractivity contribution in [2.75, 3.05) is 20.3 Å². The number of hydrogen-bond acceptors (Lipinski definition) is 4. The molecule has 0 N–H and O–H groups in total. The normalized spacial score (nSPS) is 17.9. The molecule has 1 aliphatic heterocycles. The molecule has 4 nitrogen and oxygen atoms in total. The lowest BCUT2D eigenvalue weighted by Gasteiger charge is -2.23. The topological polar surface area (TPSA) is 40.6 Å². The van der Waals surface area contributed by atoms with Crippen LogP contribution in [0.1, 0.15) is 25.0 Å². The van der Waals surface area contributed by atoms with E-state index in [0.717, 1.165) is 24.7 Å². The molecule has 1 heterocycles. The monoisotopic (exact) mass is 306 g/mol. The molecular weight excluding hydrogens is 284 g/mol. The molecule has 1 saturated heterocycles. The summed E-state index contributed by atoms with van der Waals surface area (Å²) in [7, 11) is 1.94. The van der Waals surface area contributed by atoms with Gasteiger partial charge in [0.1, 0.15) is 0 Å². The van der Waals surface area contributed by atoms with Crippen molar-refractivity contribution in [1.29, 1.82) is 0 Å². The second-order valence-corrected chi connectivity index (χ2v) is 7.58. The van der Waals surface area contributed by atoms with Crippen LogP contribution < -0.4 is 0 Å². The molecule has 2 rings (SSSR count). The van der Waals surface area contributed by atoms with E-state index in [1.54, 1.807) is 13.8 Å². The number of carbonyl (C=O) groups excluding carboxylic acids is 2. The fourth-order valence-corrected chi connectivity index (χ4v) is 3.25. The van der Waals surface area contributed by atoms with Crippen LogP contribution in [0.5, 0.6) is 0 Å². The number of carbonyl (C=O) groups is 2. The van der Waals surface area contributed by atoms with Crippen molar-refractivity contribution in [3.63, 3.8) is 0 Å². The Bertz CT molecular complexity index is 557. The van der Waals surface area contributed by atoms with Crippen LogP contribution in [0.15, 0.2) is 24.3 Å². The van der Waals surface area contributed by atoms with Gasteiger partial charge in [0.25, 0.3) is 5.24 Å². The van der Waals surface area contributed by atoms with E-state index in [2.05, 4.69) is 19.1 Å². The van der Waals surface area contributed by atoms with Crippen molar-refractivity contribution in [3.8, 4) is 0 Å². The van der Waals surface area contributed by atoms with Crippen molar-refractivity contribution in [1.82, 2.24) is 9.80 Å². The first-order valence-electron chi connectivity index (χ1n) is 7.09. The van der Waals surface area contributed by atoms with Gasteiger partial charge in [0.2, 0.25) is 5.91 Å². The van der Waals surface area contributed by atoms with Crippen molar-refractivity contribution in [2.24, 2.45) is 0 Å². The van der Waals surface area contributed by atoms with Crippen molar-refractivity contribution < 1.29 is 9.59 Å². The van der Waals surface area contributed by atoms with Crippen LogP contribution in [0.2, 0.25) is 0 Å². The van der Waals surface area contributed by atoms with Crippen molar-refractivity contribution >= 4 is 22.9 Å². The third-order valence-electron chi connectivity index (χ3n) is 3.73. The van der Waals surface area contributed by atoms with Gasteiger partial charge in [0.05, 0.1) is 11.4 Å². The third-order valence-corrected chi connectivity index (χ3v) is 4.81. The van der Waals surface area contributed by atoms with Crippen LogP contribution in [-0.2, 0) is 11.2 Å². The lowest BCUT2D eigenvalue weighted by atomic mass is 10.1. The molecule has 0 bridgehead atoms. The Labute approximate surface area is 130 Å². The summed E-state index contributed by atoms with van der Waals surface area (Å²) >= 11 is 1.11. The van der Waals surface area contributed by atoms with Gasteiger partial charge in [-0.25, -0.2) is 0 Å². The summed E-state index contributed by atoms with van der Waals surface area (Å²) in [4.78, 5) is 27.4. The maximum absolute atomic E-state index is 12.2. The molecule has 0 aromatic heterocycles. The van der Waals surface area contributed by atoms with Gasteiger partial charge in [-0.2, -0.15) is 0 Å². The van der Waals surface area contributed by atoms with Gasteiger partial charge in [0, 0.05) is 6.54 Å². The number of rotatable bonds is 5. The Morgan fingerprint density at radius 3 is 2.48 bits per heavy atom. The molecule has 0 aliphatic carbocycles. The van der Waals surface area contributed by atoms with Crippen molar-refractivity contribution in [2.45, 2.75) is 31.9 Å². The molecule has 21 heavy (non-hydrogen) atoms. The SMILES string of the molecule is Cc1ccccc1CCN(C)CN1C(=O)SC(C)(C)C1=O. The second kappa shape index (κ2) is 6.20. The van der Waals surface area contributed by atoms with Gasteiger partial charge < -0.3 is 0 Å². The molecular formula is C16H22N2O2S. The zero-order valence-electron chi connectivity index (χ0n) is 13.0. The van der Waals surface area contributed by atoms with Gasteiger partial charge in [-0.1, -0.05) is 24.3 Å². The Kier molecular flexibility index (Phi) is 4.74. The van der Waals surface area contributed by atoms with E-state index in [9.17, 15) is 9.59 Å². The minimum absolute atomic E-state index is 0.0970. The van der Waals surface area contributed by atoms with Gasteiger partial charge in [0.15, 0.2) is 0 Å². The highest BCUT2D eigenvalue weighted by Gasteiger charge is 2.46. The first-order valence-corrected chi connectivity index (χ1v) is 7.91. The van der Waals surface area contributed by atoms with E-state index in [1.807, 2.05) is 24.1 Å². The standard InChI is InChI=1S/C16H22N2O2S/c1-12-7-5-6-8-13(12)9-10-17(4)11-18-14(19)16(2,3)21-15(18)20/h5-8H,9-11H2,1-4H3. The number of likely N-dealkylation sites (N-methyl/N-ethyl adjacent to an activating group) is 1. The van der Waals surface area contributed by atoms with Gasteiger partial charge in [-0.3, -0.25) is 19.4 Å². The summed E-state index contributed by atoms with van der Waals surface area (Å²) in [5, 5.41) is -0.146. The van der Waals surface area contributed by atoms with E-state index < -0.39 is 4.75 Å². The Morgan fingerprint density at radius 2 is 1.90 bits per heavy atom. The molecule has 0 unspecified atom stereocenters. The minimum atomic E-state index is -0.631. The summed E-state index contributed by atoms with van der Waals surface area (Å²) < 4.78 is -0.631. The van der Waals surface area contributed by atoms with Gasteiger partial charge >= 0.3 is 0 Å². The van der Waals surface area contributed by atoms with Crippen LogP contribution in [-0.4, -0.2) is 46.0 Å². The predicted molar refractivity (Wildman–Crippen MR) is 86.3 cm³/mol. The fraction of sp³-hybridized carbons (Fsp3) is 0.500. The average Bonchev–Trinajstić information content (AvgIpc) is 2.60. The highest BCUT2D eigenvalue weighted by atomic mass is 32.2. The van der Waals surface area contributed by atoms with Crippen LogP contribution in [0.3, 0.4) is 0 Å². The quantitative estimate of drug-likeness (QED) is 0.839. The molecule has 0 radical (unpaired) electrons. The van der Waals surface area contributed by atoms with Crippen LogP contribution >= 0.6 is 11.8 Å². The maximum atomic E-state index is 12.2. The summed E-state index contributed by atoms with van der Waals surface area (Å²) in [6.07, 6.45) is 0.913. The molecule has 114 valence electrons. The number of amides is 2. The van der Waals surface area contributed by atoms with Crippen molar-refractivity contribution in [3.05, 3.63) is 35.4 Å². The molecule has 0 saturated carbocycles. The molecule has 2 amide bonds. The molecule has 1 aromatic carbocycles. The molecule has 1 aromatic rings. The number of imide groups is 1. The lowest BCUT2D eigenvalue weighted by molar-refractivity contribution is -0.130. The molecule has 5 heteroatoms. The molecule has 0 atom stereocenters. The lowest BCUT2D eigenvalue weighted by Crippen LogP contribution is -2.42. The highest BCUT2D eigenvalue weighted by Crippen LogP contribution is 2.36. The average molecular weight is 306 g/mol. The third kappa shape index (κ3) is 3.66. The summed E-state index contributed by atoms with van der Waals surface area (Å²) in [5.74, 6) is -0.0970. The predicted octanol–water partition coefficient (Wildman–Crippen LogP) is 2.90. The Balaban J connectivity index is 1.91. The summed E-state index contributed by atoms with van der Waals surface area (Å²) in [5.41, 5.74) is 2.58. The molecule has 1 aliphatic rings. The second-order valence-electron chi connectivity index (χ2n) is 6.01. The van der Waals surface area contributed by atoms with E-state index in [1.165, 1.54) is 16.0 Å². The number of thioether (sulfide) groups is 1. The first kappa shape index (κ1) is 16.0. The highest BCUT2D eigenvalue weighted by molar-refractivity contribution is 8.16. The molecule has 0 spiro atoms. The fourth-order valence-electron chi connectivity index (χ4n) is 2.36. The smallest absolute Gasteiger partial charge is 0.288 e. The maximum Gasteiger partial charge on any atom is 0.290 e. The minimum Gasteiger partial charge on any atom is -0.288 e. The number of nitrogens with zero attached hydrogens (tertiary/aromatic N) is 2. The van der Waals surface area contributed by atoms with E-state index in [-0.39, 0.29) is 11.1 Å². The summed E-state index contributed by atoms with van der Waals surface area (Å²) in [6, 6.07) is 8.29. The number of benzene rings is 1. The van der Waals surface area contributed by atoms with Crippen LogP contribution in [0.4, 0.5) is 4.79 Å². The number of hydrogen-bond donors (Lipinski definition) is 0. The zero-order valence-corrected chi connectivity index (χ0v) is 13.9. The first-order chi connectivity index (χ1) is 9.81. The van der Waals surface area contributed by atoms with E-state index in [0.29, 0.717) is 6.67 Å². The van der Waals surface area contributed by atoms with E-state index in [4.69, 9.17) is 0 Å². The molecule has 1 fully saturated rings. The van der Waals surface area contributed by atoms with Crippen LogP contribution in [0.25, 0.3) is 0 Å². The van der Waals surface area contributed by atoms with Gasteiger partial charge in [-0.15, -0.1) is 0 Å². The Morgan fingerprint density at radius 1 is 1.24 bits per heavy atom. The van der Waals surface area contributed by atoms with Crippen LogP contribution in [0, 0.1) is 6.92 Å². The zero-order chi connectivity index (χ0) is 15.6. The largest absolute Gasteiger partial charge is 0.290 e. The summed E-state index contributed by atoms with van der Waals surface area (Å²) in [6.45, 7) is 6.87. The van der Waals surface area contributed by atoms with Gasteiger partial charge in [-0.05, 0) is 57.1 Å². The van der Waals surface area contributed by atoms with E-state index >= 15 is 0 Å².